The van der Waals surface area contributed by atoms with Crippen molar-refractivity contribution >= 4 is 11.8 Å². The molecule has 1 N–H and O–H groups in total. The van der Waals surface area contributed by atoms with E-state index in [0.29, 0.717) is 5.92 Å². The summed E-state index contributed by atoms with van der Waals surface area (Å²) in [6, 6.07) is 0. The number of hydrogen-bond acceptors (Lipinski definition) is 2. The molecule has 1 rings (SSSR count). The molecule has 1 saturated heterocycles. The first-order valence-electron chi connectivity index (χ1n) is 4.64. The van der Waals surface area contributed by atoms with Gasteiger partial charge < -0.3 is 5.11 Å². The van der Waals surface area contributed by atoms with Gasteiger partial charge in [0.15, 0.2) is 0 Å². The molecule has 0 aromatic rings. The number of thioether (sulfide) groups is 1. The van der Waals surface area contributed by atoms with Crippen LogP contribution in [0, 0.1) is 5.92 Å². The Kier molecular flexibility index (Phi) is 4.31. The summed E-state index contributed by atoms with van der Waals surface area (Å²) >= 11 is 1.72. The molecule has 2 heteroatoms. The van der Waals surface area contributed by atoms with Crippen molar-refractivity contribution in [3.63, 3.8) is 0 Å². The van der Waals surface area contributed by atoms with Crippen molar-refractivity contribution in [2.24, 2.45) is 5.92 Å². The minimum absolute atomic E-state index is 0.0492. The smallest absolute Gasteiger partial charge is 0.102 e. The van der Waals surface area contributed by atoms with E-state index in [-0.39, 0.29) is 5.44 Å². The number of aliphatic hydroxyl groups excluding tert-OH is 1. The topological polar surface area (TPSA) is 20.2 Å². The Morgan fingerprint density at radius 3 is 2.82 bits per heavy atom. The maximum Gasteiger partial charge on any atom is 0.102 e. The van der Waals surface area contributed by atoms with Gasteiger partial charge in [-0.15, -0.1) is 11.8 Å². The number of rotatable bonds is 4. The van der Waals surface area contributed by atoms with Gasteiger partial charge in [0, 0.05) is 0 Å². The normalized spacial score (nSPS) is 31.1. The van der Waals surface area contributed by atoms with Crippen molar-refractivity contribution in [1.82, 2.24) is 0 Å². The SMILES string of the molecule is CCCCCC1CCSC1O. The highest BCUT2D eigenvalue weighted by molar-refractivity contribution is 7.99. The summed E-state index contributed by atoms with van der Waals surface area (Å²) in [4.78, 5) is 0. The Bertz CT molecular complexity index is 106. The molecule has 2 unspecified atom stereocenters. The van der Waals surface area contributed by atoms with E-state index in [1.54, 1.807) is 11.8 Å². The maximum absolute atomic E-state index is 9.45. The summed E-state index contributed by atoms with van der Waals surface area (Å²) in [7, 11) is 0. The molecule has 0 spiro atoms. The lowest BCUT2D eigenvalue weighted by atomic mass is 10.00. The Labute approximate surface area is 73.6 Å². The average molecular weight is 174 g/mol. The third-order valence-corrected chi connectivity index (χ3v) is 3.56. The Hall–Kier alpha value is 0.310. The monoisotopic (exact) mass is 174 g/mol. The van der Waals surface area contributed by atoms with Crippen molar-refractivity contribution in [3.8, 4) is 0 Å². The third kappa shape index (κ3) is 3.04. The molecule has 0 amide bonds. The van der Waals surface area contributed by atoms with Gasteiger partial charge in [-0.05, 0) is 24.5 Å². The summed E-state index contributed by atoms with van der Waals surface area (Å²) in [6.45, 7) is 2.22. The summed E-state index contributed by atoms with van der Waals surface area (Å²) in [6.07, 6.45) is 6.39. The van der Waals surface area contributed by atoms with Crippen LogP contribution in [0.4, 0.5) is 0 Å². The second-order valence-corrected chi connectivity index (χ2v) is 4.53. The van der Waals surface area contributed by atoms with E-state index in [9.17, 15) is 5.11 Å². The highest BCUT2D eigenvalue weighted by Gasteiger charge is 2.24. The summed E-state index contributed by atoms with van der Waals surface area (Å²) in [5.74, 6) is 1.77. The van der Waals surface area contributed by atoms with Crippen LogP contribution in [-0.2, 0) is 0 Å². The largest absolute Gasteiger partial charge is 0.382 e. The van der Waals surface area contributed by atoms with Gasteiger partial charge in [0.2, 0.25) is 0 Å². The van der Waals surface area contributed by atoms with E-state index in [4.69, 9.17) is 0 Å². The Balaban J connectivity index is 2.05. The molecule has 0 aliphatic carbocycles. The first-order valence-corrected chi connectivity index (χ1v) is 5.69. The molecule has 11 heavy (non-hydrogen) atoms. The highest BCUT2D eigenvalue weighted by Crippen LogP contribution is 2.33. The fraction of sp³-hybridized carbons (Fsp3) is 1.00. The molecule has 0 aromatic carbocycles. The molecule has 0 bridgehead atoms. The van der Waals surface area contributed by atoms with E-state index < -0.39 is 0 Å². The molecular weight excluding hydrogens is 156 g/mol. The molecular formula is C9H18OS. The molecule has 1 fully saturated rings. The van der Waals surface area contributed by atoms with Crippen LogP contribution in [0.5, 0.6) is 0 Å². The molecule has 66 valence electrons. The van der Waals surface area contributed by atoms with Crippen molar-refractivity contribution < 1.29 is 5.11 Å². The Morgan fingerprint density at radius 2 is 2.27 bits per heavy atom. The fourth-order valence-corrected chi connectivity index (χ4v) is 2.79. The molecule has 1 aliphatic rings. The number of unbranched alkanes of at least 4 members (excludes halogenated alkanes) is 2. The van der Waals surface area contributed by atoms with Gasteiger partial charge in [0.05, 0.1) is 0 Å². The van der Waals surface area contributed by atoms with Crippen LogP contribution in [-0.4, -0.2) is 16.3 Å². The van der Waals surface area contributed by atoms with Crippen LogP contribution in [0.1, 0.15) is 39.0 Å². The second kappa shape index (κ2) is 5.04. The van der Waals surface area contributed by atoms with Crippen LogP contribution in [0.2, 0.25) is 0 Å². The van der Waals surface area contributed by atoms with Gasteiger partial charge in [-0.2, -0.15) is 0 Å². The van der Waals surface area contributed by atoms with E-state index >= 15 is 0 Å². The fourth-order valence-electron chi connectivity index (χ4n) is 1.56. The van der Waals surface area contributed by atoms with E-state index in [0.717, 1.165) is 5.75 Å². The van der Waals surface area contributed by atoms with Crippen LogP contribution < -0.4 is 0 Å². The van der Waals surface area contributed by atoms with Crippen molar-refractivity contribution in [3.05, 3.63) is 0 Å². The Morgan fingerprint density at radius 1 is 1.45 bits per heavy atom. The van der Waals surface area contributed by atoms with Crippen molar-refractivity contribution in [2.45, 2.75) is 44.5 Å². The van der Waals surface area contributed by atoms with Crippen LogP contribution in [0.25, 0.3) is 0 Å². The lowest BCUT2D eigenvalue weighted by Gasteiger charge is -2.11. The minimum atomic E-state index is -0.0492. The van der Waals surface area contributed by atoms with Crippen molar-refractivity contribution in [1.29, 1.82) is 0 Å². The van der Waals surface area contributed by atoms with E-state index in [1.165, 1.54) is 32.1 Å². The minimum Gasteiger partial charge on any atom is -0.382 e. The molecule has 0 radical (unpaired) electrons. The highest BCUT2D eigenvalue weighted by atomic mass is 32.2. The van der Waals surface area contributed by atoms with Gasteiger partial charge >= 0.3 is 0 Å². The van der Waals surface area contributed by atoms with E-state index in [2.05, 4.69) is 6.92 Å². The predicted molar refractivity (Wildman–Crippen MR) is 50.7 cm³/mol. The number of aliphatic hydroxyl groups is 1. The third-order valence-electron chi connectivity index (χ3n) is 2.36. The number of hydrogen-bond donors (Lipinski definition) is 1. The first-order chi connectivity index (χ1) is 5.34. The van der Waals surface area contributed by atoms with Gasteiger partial charge in [0.25, 0.3) is 0 Å². The summed E-state index contributed by atoms with van der Waals surface area (Å²) in [5, 5.41) is 9.45. The predicted octanol–water partition coefficient (Wildman–Crippen LogP) is 2.64. The molecule has 1 nitrogen and oxygen atoms in total. The van der Waals surface area contributed by atoms with Crippen LogP contribution in [0.15, 0.2) is 0 Å². The molecule has 2 atom stereocenters. The van der Waals surface area contributed by atoms with Gasteiger partial charge in [-0.1, -0.05) is 26.2 Å². The average Bonchev–Trinajstić information content (AvgIpc) is 2.37. The zero-order valence-electron chi connectivity index (χ0n) is 7.25. The van der Waals surface area contributed by atoms with Crippen LogP contribution in [0.3, 0.4) is 0 Å². The lowest BCUT2D eigenvalue weighted by molar-refractivity contribution is 0.190. The quantitative estimate of drug-likeness (QED) is 0.661. The molecule has 0 aromatic heterocycles. The summed E-state index contributed by atoms with van der Waals surface area (Å²) in [5.41, 5.74) is -0.0492. The van der Waals surface area contributed by atoms with E-state index in [1.807, 2.05) is 0 Å². The standard InChI is InChI=1S/C9H18OS/c1-2-3-4-5-8-6-7-11-9(8)10/h8-10H,2-7H2,1H3. The maximum atomic E-state index is 9.45. The summed E-state index contributed by atoms with van der Waals surface area (Å²) < 4.78 is 0. The zero-order chi connectivity index (χ0) is 8.10. The van der Waals surface area contributed by atoms with Gasteiger partial charge in [-0.3, -0.25) is 0 Å². The zero-order valence-corrected chi connectivity index (χ0v) is 8.07. The lowest BCUT2D eigenvalue weighted by Crippen LogP contribution is -2.09. The van der Waals surface area contributed by atoms with Gasteiger partial charge in [0.1, 0.15) is 5.44 Å². The molecule has 1 heterocycles. The first kappa shape index (κ1) is 9.40. The molecule has 1 aliphatic heterocycles. The van der Waals surface area contributed by atoms with Crippen LogP contribution >= 0.6 is 11.8 Å². The van der Waals surface area contributed by atoms with Gasteiger partial charge in [-0.25, -0.2) is 0 Å². The van der Waals surface area contributed by atoms with Crippen molar-refractivity contribution in [2.75, 3.05) is 5.75 Å². The molecule has 0 saturated carbocycles. The second-order valence-electron chi connectivity index (χ2n) is 3.31.